The van der Waals surface area contributed by atoms with E-state index < -0.39 is 0 Å². The predicted molar refractivity (Wildman–Crippen MR) is 61.7 cm³/mol. The minimum absolute atomic E-state index is 0.0236. The van der Waals surface area contributed by atoms with E-state index in [-0.39, 0.29) is 6.04 Å². The molecule has 1 aromatic rings. The molecule has 86 valence electrons. The molecular formula is C13H17NO2. The Balaban J connectivity index is 1.62. The number of fused-ring (bicyclic) bond motifs is 1. The lowest BCUT2D eigenvalue weighted by atomic mass is 10.1. The summed E-state index contributed by atoms with van der Waals surface area (Å²) in [5.41, 5.74) is 6.97. The molecule has 0 spiro atoms. The van der Waals surface area contributed by atoms with E-state index in [1.807, 2.05) is 18.2 Å². The fourth-order valence-electron chi connectivity index (χ4n) is 2.06. The molecule has 1 saturated carbocycles. The SMILES string of the molecule is NC1COc2cc(OCCC3CC3)ccc21. The van der Waals surface area contributed by atoms with Crippen LogP contribution in [0, 0.1) is 5.92 Å². The molecule has 3 rings (SSSR count). The van der Waals surface area contributed by atoms with Crippen molar-refractivity contribution in [3.63, 3.8) is 0 Å². The zero-order valence-electron chi connectivity index (χ0n) is 9.32. The van der Waals surface area contributed by atoms with E-state index in [0.29, 0.717) is 6.61 Å². The third-order valence-corrected chi connectivity index (χ3v) is 3.29. The zero-order valence-corrected chi connectivity index (χ0v) is 9.32. The molecular weight excluding hydrogens is 202 g/mol. The van der Waals surface area contributed by atoms with Gasteiger partial charge in [-0.1, -0.05) is 12.8 Å². The maximum absolute atomic E-state index is 5.88. The van der Waals surface area contributed by atoms with Gasteiger partial charge in [0.05, 0.1) is 12.6 Å². The Morgan fingerprint density at radius 2 is 2.25 bits per heavy atom. The van der Waals surface area contributed by atoms with E-state index in [9.17, 15) is 0 Å². The van der Waals surface area contributed by atoms with Gasteiger partial charge in [0.2, 0.25) is 0 Å². The van der Waals surface area contributed by atoms with Crippen LogP contribution >= 0.6 is 0 Å². The summed E-state index contributed by atoms with van der Waals surface area (Å²) in [4.78, 5) is 0. The number of rotatable bonds is 4. The lowest BCUT2D eigenvalue weighted by Crippen LogP contribution is -2.10. The van der Waals surface area contributed by atoms with Gasteiger partial charge in [0.15, 0.2) is 0 Å². The van der Waals surface area contributed by atoms with Crippen molar-refractivity contribution in [2.24, 2.45) is 11.7 Å². The number of ether oxygens (including phenoxy) is 2. The normalized spacial score (nSPS) is 22.7. The smallest absolute Gasteiger partial charge is 0.127 e. The van der Waals surface area contributed by atoms with Crippen LogP contribution in [0.2, 0.25) is 0 Å². The first-order chi connectivity index (χ1) is 7.83. The molecule has 16 heavy (non-hydrogen) atoms. The van der Waals surface area contributed by atoms with Crippen molar-refractivity contribution in [2.45, 2.75) is 25.3 Å². The second-order valence-electron chi connectivity index (χ2n) is 4.70. The van der Waals surface area contributed by atoms with Crippen LogP contribution in [0.25, 0.3) is 0 Å². The zero-order chi connectivity index (χ0) is 11.0. The van der Waals surface area contributed by atoms with Crippen LogP contribution < -0.4 is 15.2 Å². The number of hydrogen-bond acceptors (Lipinski definition) is 3. The number of hydrogen-bond donors (Lipinski definition) is 1. The number of benzene rings is 1. The van der Waals surface area contributed by atoms with Gasteiger partial charge in [-0.3, -0.25) is 0 Å². The molecule has 0 aromatic heterocycles. The minimum Gasteiger partial charge on any atom is -0.493 e. The van der Waals surface area contributed by atoms with E-state index >= 15 is 0 Å². The van der Waals surface area contributed by atoms with Crippen LogP contribution in [0.1, 0.15) is 30.9 Å². The van der Waals surface area contributed by atoms with Crippen LogP contribution in [-0.2, 0) is 0 Å². The van der Waals surface area contributed by atoms with Crippen LogP contribution in [0.3, 0.4) is 0 Å². The molecule has 1 unspecified atom stereocenters. The van der Waals surface area contributed by atoms with Gasteiger partial charge in [0, 0.05) is 11.6 Å². The van der Waals surface area contributed by atoms with E-state index in [2.05, 4.69) is 0 Å². The summed E-state index contributed by atoms with van der Waals surface area (Å²) in [7, 11) is 0. The van der Waals surface area contributed by atoms with Gasteiger partial charge in [-0.25, -0.2) is 0 Å². The Morgan fingerprint density at radius 3 is 3.06 bits per heavy atom. The third kappa shape index (κ3) is 2.00. The molecule has 1 aliphatic carbocycles. The summed E-state index contributed by atoms with van der Waals surface area (Å²) in [6.45, 7) is 1.40. The molecule has 1 aromatic carbocycles. The maximum atomic E-state index is 5.88. The first-order valence-electron chi connectivity index (χ1n) is 5.98. The van der Waals surface area contributed by atoms with E-state index in [1.54, 1.807) is 0 Å². The molecule has 1 atom stereocenters. The lowest BCUT2D eigenvalue weighted by molar-refractivity contribution is 0.298. The summed E-state index contributed by atoms with van der Waals surface area (Å²) in [6, 6.07) is 5.98. The lowest BCUT2D eigenvalue weighted by Gasteiger charge is -2.07. The van der Waals surface area contributed by atoms with Crippen molar-refractivity contribution in [2.75, 3.05) is 13.2 Å². The Morgan fingerprint density at radius 1 is 1.38 bits per heavy atom. The first-order valence-corrected chi connectivity index (χ1v) is 5.98. The van der Waals surface area contributed by atoms with Crippen LogP contribution in [0.5, 0.6) is 11.5 Å². The average molecular weight is 219 g/mol. The molecule has 1 heterocycles. The molecule has 2 N–H and O–H groups in total. The molecule has 0 amide bonds. The van der Waals surface area contributed by atoms with E-state index in [0.717, 1.165) is 29.6 Å². The highest BCUT2D eigenvalue weighted by Gasteiger charge is 2.22. The van der Waals surface area contributed by atoms with Crippen LogP contribution in [0.4, 0.5) is 0 Å². The summed E-state index contributed by atoms with van der Waals surface area (Å²) in [5.74, 6) is 2.70. The maximum Gasteiger partial charge on any atom is 0.127 e. The standard InChI is InChI=1S/C13H17NO2/c14-12-8-16-13-7-10(3-4-11(12)13)15-6-5-9-1-2-9/h3-4,7,9,12H,1-2,5-6,8,14H2. The monoisotopic (exact) mass is 219 g/mol. The van der Waals surface area contributed by atoms with Gasteiger partial charge in [-0.05, 0) is 24.5 Å². The molecule has 1 aliphatic heterocycles. The molecule has 1 fully saturated rings. The third-order valence-electron chi connectivity index (χ3n) is 3.29. The molecule has 3 nitrogen and oxygen atoms in total. The van der Waals surface area contributed by atoms with Gasteiger partial charge in [0.25, 0.3) is 0 Å². The van der Waals surface area contributed by atoms with Crippen molar-refractivity contribution >= 4 is 0 Å². The molecule has 2 aliphatic rings. The summed E-state index contributed by atoms with van der Waals surface area (Å²) in [5, 5.41) is 0. The van der Waals surface area contributed by atoms with E-state index in [1.165, 1.54) is 19.3 Å². The summed E-state index contributed by atoms with van der Waals surface area (Å²) in [6.07, 6.45) is 3.94. The van der Waals surface area contributed by atoms with Crippen LogP contribution in [0.15, 0.2) is 18.2 Å². The fourth-order valence-corrected chi connectivity index (χ4v) is 2.06. The highest BCUT2D eigenvalue weighted by atomic mass is 16.5. The van der Waals surface area contributed by atoms with Crippen molar-refractivity contribution in [1.29, 1.82) is 0 Å². The minimum atomic E-state index is 0.0236. The Kier molecular flexibility index (Phi) is 2.48. The largest absolute Gasteiger partial charge is 0.493 e. The summed E-state index contributed by atoms with van der Waals surface area (Å²) < 4.78 is 11.2. The van der Waals surface area contributed by atoms with Gasteiger partial charge in [0.1, 0.15) is 18.1 Å². The number of nitrogens with two attached hydrogens (primary N) is 1. The summed E-state index contributed by atoms with van der Waals surface area (Å²) >= 11 is 0. The van der Waals surface area contributed by atoms with Crippen molar-refractivity contribution in [3.8, 4) is 11.5 Å². The molecule has 0 bridgehead atoms. The van der Waals surface area contributed by atoms with Crippen molar-refractivity contribution in [3.05, 3.63) is 23.8 Å². The Bertz CT molecular complexity index is 388. The second-order valence-corrected chi connectivity index (χ2v) is 4.70. The first kappa shape index (κ1) is 9.97. The van der Waals surface area contributed by atoms with Gasteiger partial charge in [-0.15, -0.1) is 0 Å². The average Bonchev–Trinajstić information content (AvgIpc) is 3.04. The quantitative estimate of drug-likeness (QED) is 0.844. The highest BCUT2D eigenvalue weighted by Crippen LogP contribution is 2.35. The van der Waals surface area contributed by atoms with E-state index in [4.69, 9.17) is 15.2 Å². The highest BCUT2D eigenvalue weighted by molar-refractivity contribution is 5.44. The molecule has 3 heteroatoms. The van der Waals surface area contributed by atoms with Gasteiger partial charge < -0.3 is 15.2 Å². The topological polar surface area (TPSA) is 44.5 Å². The van der Waals surface area contributed by atoms with Crippen molar-refractivity contribution < 1.29 is 9.47 Å². The molecule has 0 radical (unpaired) electrons. The Hall–Kier alpha value is -1.22. The predicted octanol–water partition coefficient (Wildman–Crippen LogP) is 2.26. The van der Waals surface area contributed by atoms with Gasteiger partial charge >= 0.3 is 0 Å². The second kappa shape index (κ2) is 3.98. The molecule has 0 saturated heterocycles. The fraction of sp³-hybridized carbons (Fsp3) is 0.538. The van der Waals surface area contributed by atoms with Gasteiger partial charge in [-0.2, -0.15) is 0 Å². The van der Waals surface area contributed by atoms with Crippen LogP contribution in [-0.4, -0.2) is 13.2 Å². The Labute approximate surface area is 95.5 Å². The van der Waals surface area contributed by atoms with Crippen molar-refractivity contribution in [1.82, 2.24) is 0 Å².